The molecule has 0 saturated carbocycles. The number of hydrogen-bond acceptors (Lipinski definition) is 2. The molecule has 2 unspecified atom stereocenters. The van der Waals surface area contributed by atoms with Crippen molar-refractivity contribution >= 4 is 0 Å². The van der Waals surface area contributed by atoms with E-state index < -0.39 is 0 Å². The Balaban J connectivity index is 2.37. The minimum absolute atomic E-state index is 0.0816. The second-order valence-corrected chi connectivity index (χ2v) is 4.84. The van der Waals surface area contributed by atoms with Crippen LogP contribution in [0.3, 0.4) is 0 Å². The highest BCUT2D eigenvalue weighted by molar-refractivity contribution is 5.33. The first-order valence-electron chi connectivity index (χ1n) is 6.46. The molecule has 0 amide bonds. The molecule has 0 aliphatic rings. The summed E-state index contributed by atoms with van der Waals surface area (Å²) in [6.45, 7) is 4.15. The third-order valence-electron chi connectivity index (χ3n) is 3.62. The molecule has 19 heavy (non-hydrogen) atoms. The van der Waals surface area contributed by atoms with Gasteiger partial charge in [-0.1, -0.05) is 13.0 Å². The van der Waals surface area contributed by atoms with Gasteiger partial charge < -0.3 is 5.32 Å². The largest absolute Gasteiger partial charge is 0.312 e. The van der Waals surface area contributed by atoms with Crippen molar-refractivity contribution in [2.24, 2.45) is 0 Å². The molecule has 100 valence electrons. The van der Waals surface area contributed by atoms with Crippen molar-refractivity contribution in [2.75, 3.05) is 7.05 Å². The molecule has 3 heteroatoms. The van der Waals surface area contributed by atoms with Crippen molar-refractivity contribution in [1.82, 2.24) is 10.3 Å². The van der Waals surface area contributed by atoms with E-state index in [-0.39, 0.29) is 17.8 Å². The number of pyridine rings is 1. The fourth-order valence-electron chi connectivity index (χ4n) is 2.48. The van der Waals surface area contributed by atoms with Gasteiger partial charge in [0.15, 0.2) is 0 Å². The maximum Gasteiger partial charge on any atom is 0.123 e. The van der Waals surface area contributed by atoms with Gasteiger partial charge in [0.05, 0.1) is 0 Å². The van der Waals surface area contributed by atoms with Gasteiger partial charge in [-0.3, -0.25) is 4.98 Å². The van der Waals surface area contributed by atoms with Gasteiger partial charge >= 0.3 is 0 Å². The van der Waals surface area contributed by atoms with Crippen LogP contribution in [0.25, 0.3) is 0 Å². The SMILES string of the molecule is CNC(c1cc(F)ccc1C)C(C)c1ccncc1. The number of likely N-dealkylation sites (N-methyl/N-ethyl adjacent to an activating group) is 1. The number of rotatable bonds is 4. The van der Waals surface area contributed by atoms with E-state index in [1.165, 1.54) is 11.6 Å². The smallest absolute Gasteiger partial charge is 0.123 e. The first kappa shape index (κ1) is 13.7. The van der Waals surface area contributed by atoms with Gasteiger partial charge in [0, 0.05) is 24.4 Å². The minimum atomic E-state index is -0.192. The average Bonchev–Trinajstić information content (AvgIpc) is 2.44. The van der Waals surface area contributed by atoms with Gasteiger partial charge in [-0.2, -0.15) is 0 Å². The topological polar surface area (TPSA) is 24.9 Å². The Kier molecular flexibility index (Phi) is 4.27. The highest BCUT2D eigenvalue weighted by Crippen LogP contribution is 2.32. The van der Waals surface area contributed by atoms with Crippen molar-refractivity contribution in [2.45, 2.75) is 25.8 Å². The van der Waals surface area contributed by atoms with Crippen molar-refractivity contribution in [3.05, 3.63) is 65.2 Å². The fourth-order valence-corrected chi connectivity index (χ4v) is 2.48. The summed E-state index contributed by atoms with van der Waals surface area (Å²) in [5, 5.41) is 3.30. The van der Waals surface area contributed by atoms with E-state index in [1.807, 2.05) is 32.2 Å². The molecule has 2 rings (SSSR count). The van der Waals surface area contributed by atoms with E-state index in [4.69, 9.17) is 0 Å². The van der Waals surface area contributed by atoms with Crippen molar-refractivity contribution in [3.8, 4) is 0 Å². The van der Waals surface area contributed by atoms with Gasteiger partial charge in [0.2, 0.25) is 0 Å². The number of halogens is 1. The standard InChI is InChI=1S/C16H19FN2/c1-11-4-5-14(17)10-15(11)16(18-3)12(2)13-6-8-19-9-7-13/h4-10,12,16,18H,1-3H3. The normalized spacial score (nSPS) is 14.1. The lowest BCUT2D eigenvalue weighted by Gasteiger charge is -2.26. The van der Waals surface area contributed by atoms with Crippen LogP contribution >= 0.6 is 0 Å². The zero-order chi connectivity index (χ0) is 13.8. The molecule has 0 bridgehead atoms. The number of nitrogens with one attached hydrogen (secondary N) is 1. The molecule has 0 aliphatic heterocycles. The fraction of sp³-hybridized carbons (Fsp3) is 0.312. The second-order valence-electron chi connectivity index (χ2n) is 4.84. The van der Waals surface area contributed by atoms with Crippen LogP contribution in [0.5, 0.6) is 0 Å². The van der Waals surface area contributed by atoms with E-state index in [9.17, 15) is 4.39 Å². The molecule has 0 radical (unpaired) electrons. The molecule has 1 aromatic heterocycles. The zero-order valence-electron chi connectivity index (χ0n) is 11.5. The van der Waals surface area contributed by atoms with Gasteiger partial charge in [0.25, 0.3) is 0 Å². The molecular weight excluding hydrogens is 239 g/mol. The molecule has 1 N–H and O–H groups in total. The molecule has 1 heterocycles. The Morgan fingerprint density at radius 1 is 1.16 bits per heavy atom. The van der Waals surface area contributed by atoms with E-state index in [2.05, 4.69) is 17.2 Å². The molecule has 0 fully saturated rings. The molecule has 2 nitrogen and oxygen atoms in total. The maximum atomic E-state index is 13.5. The summed E-state index contributed by atoms with van der Waals surface area (Å²) in [6.07, 6.45) is 3.58. The Bertz CT molecular complexity index is 540. The Hall–Kier alpha value is -1.74. The summed E-state index contributed by atoms with van der Waals surface area (Å²) in [7, 11) is 1.91. The van der Waals surface area contributed by atoms with Crippen LogP contribution in [0.15, 0.2) is 42.7 Å². The second kappa shape index (κ2) is 5.93. The lowest BCUT2D eigenvalue weighted by atomic mass is 9.87. The highest BCUT2D eigenvalue weighted by atomic mass is 19.1. The Morgan fingerprint density at radius 2 is 1.84 bits per heavy atom. The highest BCUT2D eigenvalue weighted by Gasteiger charge is 2.21. The molecule has 0 aliphatic carbocycles. The Labute approximate surface area is 113 Å². The Morgan fingerprint density at radius 3 is 2.47 bits per heavy atom. The molecule has 2 aromatic rings. The quantitative estimate of drug-likeness (QED) is 0.906. The zero-order valence-corrected chi connectivity index (χ0v) is 11.5. The van der Waals surface area contributed by atoms with Gasteiger partial charge in [-0.25, -0.2) is 4.39 Å². The van der Waals surface area contributed by atoms with Crippen molar-refractivity contribution in [1.29, 1.82) is 0 Å². The van der Waals surface area contributed by atoms with Crippen molar-refractivity contribution < 1.29 is 4.39 Å². The van der Waals surface area contributed by atoms with Crippen LogP contribution in [-0.2, 0) is 0 Å². The van der Waals surface area contributed by atoms with Crippen LogP contribution in [0.4, 0.5) is 4.39 Å². The van der Waals surface area contributed by atoms with Crippen LogP contribution in [0.2, 0.25) is 0 Å². The lowest BCUT2D eigenvalue weighted by molar-refractivity contribution is 0.501. The number of benzene rings is 1. The van der Waals surface area contributed by atoms with E-state index in [1.54, 1.807) is 18.5 Å². The minimum Gasteiger partial charge on any atom is -0.312 e. The third kappa shape index (κ3) is 2.99. The summed E-state index contributed by atoms with van der Waals surface area (Å²) in [6, 6.07) is 9.04. The number of hydrogen-bond donors (Lipinski definition) is 1. The number of nitrogens with zero attached hydrogens (tertiary/aromatic N) is 1. The van der Waals surface area contributed by atoms with Crippen LogP contribution < -0.4 is 5.32 Å². The predicted octanol–water partition coefficient (Wildman–Crippen LogP) is 3.59. The van der Waals surface area contributed by atoms with Gasteiger partial charge in [-0.15, -0.1) is 0 Å². The third-order valence-corrected chi connectivity index (χ3v) is 3.62. The maximum absolute atomic E-state index is 13.5. The molecule has 1 aromatic carbocycles. The molecule has 2 atom stereocenters. The number of aromatic nitrogens is 1. The van der Waals surface area contributed by atoms with E-state index in [0.717, 1.165) is 11.1 Å². The summed E-state index contributed by atoms with van der Waals surface area (Å²) >= 11 is 0. The first-order valence-corrected chi connectivity index (χ1v) is 6.46. The predicted molar refractivity (Wildman–Crippen MR) is 75.6 cm³/mol. The summed E-state index contributed by atoms with van der Waals surface area (Å²) < 4.78 is 13.5. The van der Waals surface area contributed by atoms with Crippen LogP contribution in [0, 0.1) is 12.7 Å². The monoisotopic (exact) mass is 258 g/mol. The van der Waals surface area contributed by atoms with E-state index >= 15 is 0 Å². The van der Waals surface area contributed by atoms with Crippen LogP contribution in [-0.4, -0.2) is 12.0 Å². The van der Waals surface area contributed by atoms with Crippen LogP contribution in [0.1, 0.15) is 35.6 Å². The van der Waals surface area contributed by atoms with E-state index in [0.29, 0.717) is 0 Å². The molecule has 0 spiro atoms. The summed E-state index contributed by atoms with van der Waals surface area (Å²) in [4.78, 5) is 4.04. The molecule has 0 saturated heterocycles. The first-order chi connectivity index (χ1) is 9.13. The average molecular weight is 258 g/mol. The molecular formula is C16H19FN2. The van der Waals surface area contributed by atoms with Gasteiger partial charge in [0.1, 0.15) is 5.82 Å². The number of aryl methyl sites for hydroxylation is 1. The lowest BCUT2D eigenvalue weighted by Crippen LogP contribution is -2.23. The van der Waals surface area contributed by atoms with Crippen molar-refractivity contribution in [3.63, 3.8) is 0 Å². The summed E-state index contributed by atoms with van der Waals surface area (Å²) in [5.74, 6) is 0.0521. The van der Waals surface area contributed by atoms with Gasteiger partial charge in [-0.05, 0) is 54.9 Å². The summed E-state index contributed by atoms with van der Waals surface area (Å²) in [5.41, 5.74) is 3.30.